The molecule has 292 valence electrons. The molecule has 5 heteroatoms. The van der Waals surface area contributed by atoms with E-state index in [4.69, 9.17) is 9.97 Å². The van der Waals surface area contributed by atoms with E-state index in [1.165, 1.54) is 53.2 Å². The van der Waals surface area contributed by atoms with Crippen LogP contribution in [0.3, 0.4) is 0 Å². The van der Waals surface area contributed by atoms with Crippen molar-refractivity contribution in [2.75, 3.05) is 9.80 Å². The van der Waals surface area contributed by atoms with Crippen LogP contribution in [0.2, 0.25) is 0 Å². The predicted molar refractivity (Wildman–Crippen MR) is 266 cm³/mol. The molecule has 10 aromatic carbocycles. The van der Waals surface area contributed by atoms with Crippen molar-refractivity contribution >= 4 is 98.1 Å². The minimum atomic E-state index is 0.689. The number of hydrogen-bond donors (Lipinski definition) is 0. The lowest BCUT2D eigenvalue weighted by molar-refractivity contribution is 1.18. The van der Waals surface area contributed by atoms with Gasteiger partial charge in [0.15, 0.2) is 5.82 Å². The van der Waals surface area contributed by atoms with Crippen LogP contribution in [0.5, 0.6) is 0 Å². The topological polar surface area (TPSA) is 32.3 Å². The zero-order valence-corrected chi connectivity index (χ0v) is 34.6. The normalized spacial score (nSPS) is 12.7. The molecule has 0 fully saturated rings. The molecule has 0 atom stereocenters. The zero-order chi connectivity index (χ0) is 41.2. The number of fused-ring (bicyclic) bond motifs is 16. The second-order valence-corrected chi connectivity index (χ2v) is 17.5. The van der Waals surface area contributed by atoms with Crippen molar-refractivity contribution < 1.29 is 0 Å². The Kier molecular flexibility index (Phi) is 7.24. The van der Waals surface area contributed by atoms with Gasteiger partial charge in [0, 0.05) is 64.3 Å². The van der Waals surface area contributed by atoms with Gasteiger partial charge < -0.3 is 9.80 Å². The molecule has 0 N–H and O–H groups in total. The fraction of sp³-hybridized carbons (Fsp3) is 0. The van der Waals surface area contributed by atoms with E-state index in [1.807, 2.05) is 11.3 Å². The molecule has 2 aliphatic rings. The van der Waals surface area contributed by atoms with Crippen molar-refractivity contribution in [2.45, 2.75) is 0 Å². The quantitative estimate of drug-likeness (QED) is 0.166. The van der Waals surface area contributed by atoms with Crippen molar-refractivity contribution in [3.63, 3.8) is 0 Å². The molecule has 0 unspecified atom stereocenters. The summed E-state index contributed by atoms with van der Waals surface area (Å²) in [5.41, 5.74) is 15.5. The summed E-state index contributed by atoms with van der Waals surface area (Å²) >= 11 is 1.89. The lowest BCUT2D eigenvalue weighted by Crippen LogP contribution is -2.25. The highest BCUT2D eigenvalue weighted by Crippen LogP contribution is 2.64. The standard InChI is InChI=1S/C58H34N4S/c1-3-16-36(17-4-1)53-46-29-27-35-15-7-9-21-40(35)54(46)60-58(59-53)38-28-31-48-50(34-38)62-49-32-30-45-43-24-13-14-26-51(43)63-57(45)52(49)44-25-12-11-23-42(44)47-33-37-18-8-10-22-41(37)55(56(47)62)61(48)39-19-5-2-6-20-39/h1-34H. The van der Waals surface area contributed by atoms with Crippen LogP contribution in [0.15, 0.2) is 206 Å². The van der Waals surface area contributed by atoms with E-state index in [2.05, 4.69) is 216 Å². The van der Waals surface area contributed by atoms with Crippen molar-refractivity contribution in [1.82, 2.24) is 9.97 Å². The summed E-state index contributed by atoms with van der Waals surface area (Å²) in [6.45, 7) is 0. The molecule has 4 nitrogen and oxygen atoms in total. The number of benzene rings is 10. The Balaban J connectivity index is 1.13. The van der Waals surface area contributed by atoms with Crippen LogP contribution < -0.4 is 9.80 Å². The maximum absolute atomic E-state index is 5.47. The Hall–Kier alpha value is -8.12. The van der Waals surface area contributed by atoms with Gasteiger partial charge in [-0.3, -0.25) is 0 Å². The molecule has 2 aliphatic heterocycles. The molecule has 0 aliphatic carbocycles. The summed E-state index contributed by atoms with van der Waals surface area (Å²) in [4.78, 5) is 16.0. The van der Waals surface area contributed by atoms with E-state index in [1.54, 1.807) is 0 Å². The first-order valence-corrected chi connectivity index (χ1v) is 22.2. The average molecular weight is 819 g/mol. The summed E-state index contributed by atoms with van der Waals surface area (Å²) < 4.78 is 2.58. The van der Waals surface area contributed by atoms with Crippen LogP contribution in [0.1, 0.15) is 0 Å². The SMILES string of the molecule is c1ccc(-c2nc(-c3ccc4c(c3)N3c5ccc6c(sc7ccccc76)c5-c5ccccc5-c5cc6ccccc6c(c53)N4c3ccccc3)nc3c2ccc2ccccc23)cc1. The van der Waals surface area contributed by atoms with Gasteiger partial charge in [0.05, 0.1) is 39.6 Å². The maximum Gasteiger partial charge on any atom is 0.160 e. The van der Waals surface area contributed by atoms with Gasteiger partial charge in [0.1, 0.15) is 0 Å². The van der Waals surface area contributed by atoms with Gasteiger partial charge in [-0.15, -0.1) is 11.3 Å². The number of nitrogens with zero attached hydrogens (tertiary/aromatic N) is 4. The van der Waals surface area contributed by atoms with Crippen molar-refractivity contribution in [1.29, 1.82) is 0 Å². The van der Waals surface area contributed by atoms with Gasteiger partial charge in [0.25, 0.3) is 0 Å². The molecule has 0 saturated heterocycles. The Labute approximate surface area is 367 Å². The molecule has 4 heterocycles. The highest BCUT2D eigenvalue weighted by molar-refractivity contribution is 7.26. The summed E-state index contributed by atoms with van der Waals surface area (Å²) in [6, 6.07) is 74.9. The third-order valence-electron chi connectivity index (χ3n) is 13.1. The molecule has 0 saturated carbocycles. The number of hydrogen-bond acceptors (Lipinski definition) is 5. The third kappa shape index (κ3) is 4.97. The second kappa shape index (κ2) is 13.2. The van der Waals surface area contributed by atoms with E-state index in [0.29, 0.717) is 5.82 Å². The summed E-state index contributed by atoms with van der Waals surface area (Å²) in [5.74, 6) is 0.689. The van der Waals surface area contributed by atoms with Crippen LogP contribution in [-0.4, -0.2) is 9.97 Å². The Morgan fingerprint density at radius 2 is 1.06 bits per heavy atom. The molecule has 12 aromatic rings. The van der Waals surface area contributed by atoms with E-state index < -0.39 is 0 Å². The fourth-order valence-electron chi connectivity index (χ4n) is 10.3. The highest BCUT2D eigenvalue weighted by Gasteiger charge is 2.39. The number of anilines is 6. The molecular weight excluding hydrogens is 785 g/mol. The monoisotopic (exact) mass is 818 g/mol. The van der Waals surface area contributed by atoms with E-state index in [9.17, 15) is 0 Å². The Morgan fingerprint density at radius 1 is 0.381 bits per heavy atom. The van der Waals surface area contributed by atoms with Gasteiger partial charge in [-0.1, -0.05) is 152 Å². The fourth-order valence-corrected chi connectivity index (χ4v) is 11.6. The molecule has 0 radical (unpaired) electrons. The molecule has 0 spiro atoms. The first kappa shape index (κ1) is 34.6. The highest BCUT2D eigenvalue weighted by atomic mass is 32.1. The van der Waals surface area contributed by atoms with Crippen LogP contribution in [0.25, 0.3) is 97.5 Å². The summed E-state index contributed by atoms with van der Waals surface area (Å²) in [7, 11) is 0. The van der Waals surface area contributed by atoms with Crippen LogP contribution in [-0.2, 0) is 0 Å². The first-order chi connectivity index (χ1) is 31.3. The van der Waals surface area contributed by atoms with Crippen molar-refractivity contribution in [3.05, 3.63) is 206 Å². The van der Waals surface area contributed by atoms with Crippen molar-refractivity contribution in [3.8, 4) is 44.9 Å². The van der Waals surface area contributed by atoms with Gasteiger partial charge in [-0.2, -0.15) is 0 Å². The van der Waals surface area contributed by atoms with E-state index >= 15 is 0 Å². The average Bonchev–Trinajstić information content (AvgIpc) is 3.68. The Bertz CT molecular complexity index is 3870. The van der Waals surface area contributed by atoms with Gasteiger partial charge in [-0.05, 0) is 76.5 Å². The van der Waals surface area contributed by atoms with Gasteiger partial charge >= 0.3 is 0 Å². The smallest absolute Gasteiger partial charge is 0.160 e. The number of aromatic nitrogens is 2. The van der Waals surface area contributed by atoms with E-state index in [0.717, 1.165) is 72.6 Å². The summed E-state index contributed by atoms with van der Waals surface area (Å²) in [5, 5.41) is 8.27. The Morgan fingerprint density at radius 3 is 1.92 bits per heavy atom. The molecular formula is C58H34N4S. The summed E-state index contributed by atoms with van der Waals surface area (Å²) in [6.07, 6.45) is 0. The lowest BCUT2D eigenvalue weighted by atomic mass is 9.91. The molecule has 63 heavy (non-hydrogen) atoms. The number of para-hydroxylation sites is 1. The van der Waals surface area contributed by atoms with E-state index in [-0.39, 0.29) is 0 Å². The van der Waals surface area contributed by atoms with Crippen LogP contribution in [0, 0.1) is 0 Å². The van der Waals surface area contributed by atoms with Crippen molar-refractivity contribution in [2.24, 2.45) is 0 Å². The predicted octanol–water partition coefficient (Wildman–Crippen LogP) is 16.5. The molecule has 14 rings (SSSR count). The molecule has 0 amide bonds. The van der Waals surface area contributed by atoms with Crippen LogP contribution >= 0.6 is 11.3 Å². The van der Waals surface area contributed by atoms with Crippen LogP contribution in [0.4, 0.5) is 34.1 Å². The minimum Gasteiger partial charge on any atom is -0.306 e. The van der Waals surface area contributed by atoms with Gasteiger partial charge in [0.2, 0.25) is 0 Å². The maximum atomic E-state index is 5.47. The zero-order valence-electron chi connectivity index (χ0n) is 33.8. The minimum absolute atomic E-state index is 0.689. The number of thiophene rings is 1. The lowest BCUT2D eigenvalue weighted by Gasteiger charge is -2.42. The van der Waals surface area contributed by atoms with Gasteiger partial charge in [-0.25, -0.2) is 9.97 Å². The second-order valence-electron chi connectivity index (χ2n) is 16.5. The first-order valence-electron chi connectivity index (χ1n) is 21.4. The number of rotatable bonds is 3. The molecule has 0 bridgehead atoms. The third-order valence-corrected chi connectivity index (χ3v) is 14.3. The molecule has 2 aromatic heterocycles. The largest absolute Gasteiger partial charge is 0.306 e.